The number of nitrogens with zero attached hydrogens (tertiary/aromatic N) is 1. The summed E-state index contributed by atoms with van der Waals surface area (Å²) in [4.78, 5) is 29.1. The van der Waals surface area contributed by atoms with Crippen molar-refractivity contribution in [3.05, 3.63) is 88.0 Å². The molecule has 1 heterocycles. The average Bonchev–Trinajstić information content (AvgIpc) is 2.82. The van der Waals surface area contributed by atoms with E-state index in [4.69, 9.17) is 32.7 Å². The van der Waals surface area contributed by atoms with Gasteiger partial charge in [0.2, 0.25) is 0 Å². The van der Waals surface area contributed by atoms with Crippen LogP contribution in [0.4, 0.5) is 5.82 Å². The van der Waals surface area contributed by atoms with E-state index in [1.807, 2.05) is 30.3 Å². The molecule has 0 saturated heterocycles. The number of benzene rings is 2. The zero-order valence-corrected chi connectivity index (χ0v) is 19.4. The molecule has 1 amide bonds. The second kappa shape index (κ2) is 12.1. The highest BCUT2D eigenvalue weighted by Crippen LogP contribution is 2.24. The van der Waals surface area contributed by atoms with Crippen molar-refractivity contribution in [2.75, 3.05) is 25.6 Å². The molecule has 0 saturated carbocycles. The van der Waals surface area contributed by atoms with Crippen LogP contribution in [0.3, 0.4) is 0 Å². The average molecular weight is 488 g/mol. The number of aromatic nitrogens is 1. The van der Waals surface area contributed by atoms with Crippen LogP contribution in [0.15, 0.2) is 66.9 Å². The zero-order valence-electron chi connectivity index (χ0n) is 17.9. The molecule has 0 radical (unpaired) electrons. The van der Waals surface area contributed by atoms with Gasteiger partial charge in [-0.2, -0.15) is 0 Å². The van der Waals surface area contributed by atoms with Crippen LogP contribution in [0.1, 0.15) is 15.9 Å². The number of halogens is 2. The van der Waals surface area contributed by atoms with Crippen molar-refractivity contribution in [3.63, 3.8) is 0 Å². The summed E-state index contributed by atoms with van der Waals surface area (Å²) in [5.41, 5.74) is 0.924. The normalized spacial score (nSPS) is 11.4. The maximum atomic E-state index is 12.7. The van der Waals surface area contributed by atoms with Gasteiger partial charge < -0.3 is 20.1 Å². The highest BCUT2D eigenvalue weighted by atomic mass is 35.5. The van der Waals surface area contributed by atoms with Crippen LogP contribution < -0.4 is 15.4 Å². The van der Waals surface area contributed by atoms with Gasteiger partial charge in [0.25, 0.3) is 5.91 Å². The minimum Gasteiger partial charge on any atom is -0.492 e. The topological polar surface area (TPSA) is 89.6 Å². The fraction of sp³-hybridized carbons (Fsp3) is 0.208. The number of rotatable bonds is 10. The lowest BCUT2D eigenvalue weighted by Gasteiger charge is -2.18. The molecule has 0 spiro atoms. The Morgan fingerprint density at radius 3 is 2.36 bits per heavy atom. The molecule has 0 fully saturated rings. The van der Waals surface area contributed by atoms with Crippen LogP contribution in [-0.2, 0) is 16.0 Å². The Morgan fingerprint density at radius 1 is 1.00 bits per heavy atom. The fourth-order valence-electron chi connectivity index (χ4n) is 3.05. The molecule has 1 atom stereocenters. The van der Waals surface area contributed by atoms with Gasteiger partial charge in [-0.05, 0) is 42.0 Å². The van der Waals surface area contributed by atoms with Gasteiger partial charge in [-0.15, -0.1) is 0 Å². The first kappa shape index (κ1) is 24.4. The summed E-state index contributed by atoms with van der Waals surface area (Å²) in [6.07, 6.45) is 1.94. The number of nitrogens with one attached hydrogen (secondary N) is 2. The second-order valence-electron chi connectivity index (χ2n) is 6.98. The first-order valence-electron chi connectivity index (χ1n) is 10.2. The SMILES string of the molecule is COC(=O)[C@@H](Cc1ccc(OCCNc2ccccn2)cc1)NC(=O)c1c(Cl)cccc1Cl. The number of amides is 1. The van der Waals surface area contributed by atoms with Crippen LogP contribution in [0, 0.1) is 0 Å². The highest BCUT2D eigenvalue weighted by molar-refractivity contribution is 6.39. The lowest BCUT2D eigenvalue weighted by molar-refractivity contribution is -0.142. The summed E-state index contributed by atoms with van der Waals surface area (Å²) in [7, 11) is 1.26. The maximum absolute atomic E-state index is 12.7. The van der Waals surface area contributed by atoms with Gasteiger partial charge in [0.15, 0.2) is 0 Å². The Kier molecular flexibility index (Phi) is 8.92. The number of methoxy groups -OCH3 is 1. The molecule has 3 rings (SSSR count). The molecule has 0 aliphatic heterocycles. The van der Waals surface area contributed by atoms with Crippen LogP contribution >= 0.6 is 23.2 Å². The molecular formula is C24H23Cl2N3O4. The number of carbonyl (C=O) groups is 2. The Labute approximate surface area is 202 Å². The van der Waals surface area contributed by atoms with E-state index in [1.54, 1.807) is 36.5 Å². The Bertz CT molecular complexity index is 1060. The molecule has 172 valence electrons. The molecule has 33 heavy (non-hydrogen) atoms. The Balaban J connectivity index is 1.57. The minimum absolute atomic E-state index is 0.109. The third kappa shape index (κ3) is 7.10. The number of carbonyl (C=O) groups excluding carboxylic acids is 2. The fourth-order valence-corrected chi connectivity index (χ4v) is 3.62. The van der Waals surface area contributed by atoms with Crippen molar-refractivity contribution in [2.45, 2.75) is 12.5 Å². The first-order chi connectivity index (χ1) is 16.0. The minimum atomic E-state index is -0.913. The summed E-state index contributed by atoms with van der Waals surface area (Å²) >= 11 is 12.2. The van der Waals surface area contributed by atoms with Gasteiger partial charge in [-0.25, -0.2) is 9.78 Å². The standard InChI is InChI=1S/C24H23Cl2N3O4/c1-32-24(31)20(29-23(30)22-18(25)5-4-6-19(22)26)15-16-8-10-17(11-9-16)33-14-13-28-21-7-2-3-12-27-21/h2-12,20H,13-15H2,1H3,(H,27,28)(H,29,30)/t20-/m1/s1. The summed E-state index contributed by atoms with van der Waals surface area (Å²) < 4.78 is 10.6. The van der Waals surface area contributed by atoms with Crippen LogP contribution in [0.2, 0.25) is 10.0 Å². The zero-order chi connectivity index (χ0) is 23.6. The van der Waals surface area contributed by atoms with E-state index in [9.17, 15) is 9.59 Å². The van der Waals surface area contributed by atoms with Crippen molar-refractivity contribution in [1.29, 1.82) is 0 Å². The number of ether oxygens (including phenoxy) is 2. The van der Waals surface area contributed by atoms with E-state index in [0.29, 0.717) is 18.9 Å². The molecule has 0 aliphatic carbocycles. The predicted molar refractivity (Wildman–Crippen MR) is 128 cm³/mol. The van der Waals surface area contributed by atoms with E-state index in [-0.39, 0.29) is 22.0 Å². The van der Waals surface area contributed by atoms with Gasteiger partial charge in [-0.1, -0.05) is 47.5 Å². The van der Waals surface area contributed by atoms with E-state index in [2.05, 4.69) is 15.6 Å². The van der Waals surface area contributed by atoms with E-state index in [0.717, 1.165) is 11.4 Å². The number of anilines is 1. The Hall–Kier alpha value is -3.29. The molecule has 1 aromatic heterocycles. The summed E-state index contributed by atoms with van der Waals surface area (Å²) in [6, 6.07) is 16.7. The van der Waals surface area contributed by atoms with E-state index >= 15 is 0 Å². The van der Waals surface area contributed by atoms with Gasteiger partial charge in [-0.3, -0.25) is 4.79 Å². The third-order valence-electron chi connectivity index (χ3n) is 4.69. The van der Waals surface area contributed by atoms with Crippen molar-refractivity contribution in [3.8, 4) is 5.75 Å². The van der Waals surface area contributed by atoms with E-state index < -0.39 is 17.9 Å². The maximum Gasteiger partial charge on any atom is 0.328 e. The predicted octanol–water partition coefficient (Wildman–Crippen LogP) is 4.39. The molecule has 0 aliphatic rings. The molecular weight excluding hydrogens is 465 g/mol. The first-order valence-corrected chi connectivity index (χ1v) is 10.9. The second-order valence-corrected chi connectivity index (χ2v) is 7.80. The quantitative estimate of drug-likeness (QED) is 0.325. The number of esters is 1. The number of pyridine rings is 1. The smallest absolute Gasteiger partial charge is 0.328 e. The third-order valence-corrected chi connectivity index (χ3v) is 5.32. The highest BCUT2D eigenvalue weighted by Gasteiger charge is 2.25. The van der Waals surface area contributed by atoms with Crippen LogP contribution in [0.25, 0.3) is 0 Å². The monoisotopic (exact) mass is 487 g/mol. The lowest BCUT2D eigenvalue weighted by Crippen LogP contribution is -2.43. The Morgan fingerprint density at radius 2 is 1.73 bits per heavy atom. The van der Waals surface area contributed by atoms with Crippen LogP contribution in [0.5, 0.6) is 5.75 Å². The van der Waals surface area contributed by atoms with Crippen molar-refractivity contribution in [1.82, 2.24) is 10.3 Å². The number of hydrogen-bond acceptors (Lipinski definition) is 6. The van der Waals surface area contributed by atoms with Crippen molar-refractivity contribution < 1.29 is 19.1 Å². The molecule has 0 bridgehead atoms. The van der Waals surface area contributed by atoms with Gasteiger partial charge in [0.05, 0.1) is 29.3 Å². The lowest BCUT2D eigenvalue weighted by atomic mass is 10.0. The van der Waals surface area contributed by atoms with Crippen LogP contribution in [-0.4, -0.2) is 43.2 Å². The molecule has 2 N–H and O–H groups in total. The van der Waals surface area contributed by atoms with Gasteiger partial charge >= 0.3 is 5.97 Å². The summed E-state index contributed by atoms with van der Waals surface area (Å²) in [5.74, 6) is 0.335. The largest absolute Gasteiger partial charge is 0.492 e. The molecule has 0 unspecified atom stereocenters. The summed E-state index contributed by atoms with van der Waals surface area (Å²) in [5, 5.41) is 6.22. The molecule has 9 heteroatoms. The molecule has 3 aromatic rings. The summed E-state index contributed by atoms with van der Waals surface area (Å²) in [6.45, 7) is 1.05. The van der Waals surface area contributed by atoms with Crippen molar-refractivity contribution in [2.24, 2.45) is 0 Å². The molecule has 7 nitrogen and oxygen atoms in total. The number of hydrogen-bond donors (Lipinski definition) is 2. The van der Waals surface area contributed by atoms with Gasteiger partial charge in [0.1, 0.15) is 24.2 Å². The van der Waals surface area contributed by atoms with E-state index in [1.165, 1.54) is 7.11 Å². The molecule has 2 aromatic carbocycles. The van der Waals surface area contributed by atoms with Crippen molar-refractivity contribution >= 4 is 40.9 Å². The van der Waals surface area contributed by atoms with Gasteiger partial charge in [0, 0.05) is 12.6 Å².